The highest BCUT2D eigenvalue weighted by atomic mass is 31.1. The van der Waals surface area contributed by atoms with Crippen LogP contribution >= 0.6 is 7.92 Å². The van der Waals surface area contributed by atoms with Gasteiger partial charge in [-0.1, -0.05) is 93.8 Å². The van der Waals surface area contributed by atoms with Crippen molar-refractivity contribution in [3.8, 4) is 0 Å². The lowest BCUT2D eigenvalue weighted by molar-refractivity contribution is 0.535. The van der Waals surface area contributed by atoms with Gasteiger partial charge in [0.1, 0.15) is 0 Å². The molecule has 2 aromatic rings. The average molecular weight is 298 g/mol. The summed E-state index contributed by atoms with van der Waals surface area (Å²) in [7, 11) is -0.183. The molecular formula is C20H27P. The summed E-state index contributed by atoms with van der Waals surface area (Å²) in [6.07, 6.45) is 6.79. The Morgan fingerprint density at radius 1 is 0.714 bits per heavy atom. The van der Waals surface area contributed by atoms with Crippen LogP contribution in [0.2, 0.25) is 0 Å². The van der Waals surface area contributed by atoms with Gasteiger partial charge < -0.3 is 0 Å². The Bertz CT molecular complexity index is 450. The summed E-state index contributed by atoms with van der Waals surface area (Å²) in [6, 6.07) is 22.1. The second kappa shape index (κ2) is 9.00. The predicted molar refractivity (Wildman–Crippen MR) is 97.2 cm³/mol. The van der Waals surface area contributed by atoms with E-state index in [2.05, 4.69) is 74.5 Å². The molecule has 112 valence electrons. The van der Waals surface area contributed by atoms with Crippen LogP contribution in [0.4, 0.5) is 0 Å². The molecule has 0 heterocycles. The van der Waals surface area contributed by atoms with Crippen LogP contribution in [-0.4, -0.2) is 6.16 Å². The van der Waals surface area contributed by atoms with Gasteiger partial charge in [-0.3, -0.25) is 0 Å². The molecule has 0 spiro atoms. The topological polar surface area (TPSA) is 0 Å². The van der Waals surface area contributed by atoms with Gasteiger partial charge in [-0.15, -0.1) is 0 Å². The molecule has 0 fully saturated rings. The second-order valence-corrected chi connectivity index (χ2v) is 8.40. The van der Waals surface area contributed by atoms with Gasteiger partial charge in [0.15, 0.2) is 0 Å². The largest absolute Gasteiger partial charge is 0.0628 e. The van der Waals surface area contributed by atoms with E-state index in [0.29, 0.717) is 0 Å². The molecule has 2 aromatic carbocycles. The van der Waals surface area contributed by atoms with Crippen LogP contribution in [0.5, 0.6) is 0 Å². The molecule has 0 aliphatic carbocycles. The summed E-state index contributed by atoms with van der Waals surface area (Å²) in [6.45, 7) is 4.64. The molecule has 21 heavy (non-hydrogen) atoms. The standard InChI is InChI=1S/C20H27P/c1-18(2)12-6-5-11-17-21(19-13-7-3-8-14-19)20-15-9-4-10-16-20/h3-4,7-10,13-16,18H,5-6,11-12,17H2,1-2H3. The van der Waals surface area contributed by atoms with Crippen molar-refractivity contribution in [3.05, 3.63) is 60.7 Å². The van der Waals surface area contributed by atoms with Gasteiger partial charge in [-0.05, 0) is 37.0 Å². The van der Waals surface area contributed by atoms with Crippen LogP contribution in [0.3, 0.4) is 0 Å². The average Bonchev–Trinajstić information content (AvgIpc) is 2.52. The number of hydrogen-bond acceptors (Lipinski definition) is 0. The van der Waals surface area contributed by atoms with Crippen LogP contribution in [0.15, 0.2) is 60.7 Å². The first-order chi connectivity index (χ1) is 10.3. The zero-order valence-electron chi connectivity index (χ0n) is 13.3. The highest BCUT2D eigenvalue weighted by Gasteiger charge is 2.12. The molecule has 0 saturated carbocycles. The molecule has 0 radical (unpaired) electrons. The first-order valence-corrected chi connectivity index (χ1v) is 9.67. The van der Waals surface area contributed by atoms with Crippen molar-refractivity contribution in [2.24, 2.45) is 5.92 Å². The Hall–Kier alpha value is -1.13. The number of benzene rings is 2. The fraction of sp³-hybridized carbons (Fsp3) is 0.400. The Kier molecular flexibility index (Phi) is 6.96. The third-order valence-electron chi connectivity index (χ3n) is 3.80. The lowest BCUT2D eigenvalue weighted by Crippen LogP contribution is -2.13. The molecule has 0 aliphatic rings. The maximum Gasteiger partial charge on any atom is -0.0195 e. The maximum absolute atomic E-state index is 2.32. The van der Waals surface area contributed by atoms with Crippen molar-refractivity contribution in [3.63, 3.8) is 0 Å². The van der Waals surface area contributed by atoms with Crippen LogP contribution in [-0.2, 0) is 0 Å². The SMILES string of the molecule is CC(C)CCCCCP(c1ccccc1)c1ccccc1. The van der Waals surface area contributed by atoms with E-state index in [1.54, 1.807) is 0 Å². The second-order valence-electron chi connectivity index (χ2n) is 6.07. The lowest BCUT2D eigenvalue weighted by atomic mass is 10.1. The molecule has 0 aliphatic heterocycles. The van der Waals surface area contributed by atoms with E-state index in [0.717, 1.165) is 5.92 Å². The van der Waals surface area contributed by atoms with Crippen LogP contribution < -0.4 is 10.6 Å². The van der Waals surface area contributed by atoms with Crippen molar-refractivity contribution in [1.82, 2.24) is 0 Å². The van der Waals surface area contributed by atoms with Crippen LogP contribution in [0.25, 0.3) is 0 Å². The number of rotatable bonds is 8. The van der Waals surface area contributed by atoms with Gasteiger partial charge in [-0.2, -0.15) is 0 Å². The Balaban J connectivity index is 1.97. The highest BCUT2D eigenvalue weighted by Crippen LogP contribution is 2.34. The zero-order valence-corrected chi connectivity index (χ0v) is 14.2. The molecular weight excluding hydrogens is 271 g/mol. The Morgan fingerprint density at radius 3 is 1.71 bits per heavy atom. The van der Waals surface area contributed by atoms with E-state index >= 15 is 0 Å². The summed E-state index contributed by atoms with van der Waals surface area (Å²) in [4.78, 5) is 0. The van der Waals surface area contributed by atoms with E-state index in [-0.39, 0.29) is 7.92 Å². The summed E-state index contributed by atoms with van der Waals surface area (Å²) < 4.78 is 0. The monoisotopic (exact) mass is 298 g/mol. The van der Waals surface area contributed by atoms with Gasteiger partial charge in [0.2, 0.25) is 0 Å². The van der Waals surface area contributed by atoms with Crippen LogP contribution in [0, 0.1) is 5.92 Å². The molecule has 0 atom stereocenters. The third kappa shape index (κ3) is 5.64. The minimum Gasteiger partial charge on any atom is -0.0628 e. The fourth-order valence-electron chi connectivity index (χ4n) is 2.62. The van der Waals surface area contributed by atoms with E-state index in [1.165, 1.54) is 42.5 Å². The van der Waals surface area contributed by atoms with Gasteiger partial charge in [0.25, 0.3) is 0 Å². The highest BCUT2D eigenvalue weighted by molar-refractivity contribution is 7.73. The minimum absolute atomic E-state index is 0.183. The third-order valence-corrected chi connectivity index (χ3v) is 6.41. The molecule has 2 rings (SSSR count). The van der Waals surface area contributed by atoms with E-state index in [1.807, 2.05) is 0 Å². The molecule has 0 saturated heterocycles. The summed E-state index contributed by atoms with van der Waals surface area (Å²) >= 11 is 0. The Labute approximate surface area is 131 Å². The van der Waals surface area contributed by atoms with E-state index < -0.39 is 0 Å². The van der Waals surface area contributed by atoms with E-state index in [9.17, 15) is 0 Å². The van der Waals surface area contributed by atoms with Crippen molar-refractivity contribution in [2.45, 2.75) is 39.5 Å². The van der Waals surface area contributed by atoms with Crippen molar-refractivity contribution < 1.29 is 0 Å². The molecule has 0 unspecified atom stereocenters. The molecule has 0 amide bonds. The lowest BCUT2D eigenvalue weighted by Gasteiger charge is -2.18. The van der Waals surface area contributed by atoms with Gasteiger partial charge in [0.05, 0.1) is 0 Å². The molecule has 0 N–H and O–H groups in total. The number of unbranched alkanes of at least 4 members (excludes halogenated alkanes) is 2. The fourth-order valence-corrected chi connectivity index (χ4v) is 5.04. The van der Waals surface area contributed by atoms with Crippen molar-refractivity contribution in [1.29, 1.82) is 0 Å². The first-order valence-electron chi connectivity index (χ1n) is 8.15. The predicted octanol–water partition coefficient (Wildman–Crippen LogP) is 5.34. The van der Waals surface area contributed by atoms with E-state index in [4.69, 9.17) is 0 Å². The zero-order chi connectivity index (χ0) is 14.9. The summed E-state index contributed by atoms with van der Waals surface area (Å²) in [5, 5.41) is 3.03. The van der Waals surface area contributed by atoms with Gasteiger partial charge in [-0.25, -0.2) is 0 Å². The first kappa shape index (κ1) is 16.2. The normalized spacial score (nSPS) is 11.2. The molecule has 0 bridgehead atoms. The van der Waals surface area contributed by atoms with Crippen molar-refractivity contribution in [2.75, 3.05) is 6.16 Å². The molecule has 0 nitrogen and oxygen atoms in total. The summed E-state index contributed by atoms with van der Waals surface area (Å²) in [5.74, 6) is 0.842. The quantitative estimate of drug-likeness (QED) is 0.456. The van der Waals surface area contributed by atoms with Crippen molar-refractivity contribution >= 4 is 18.5 Å². The smallest absolute Gasteiger partial charge is 0.0195 e. The molecule has 1 heteroatoms. The number of hydrogen-bond donors (Lipinski definition) is 0. The van der Waals surface area contributed by atoms with Crippen LogP contribution in [0.1, 0.15) is 39.5 Å². The maximum atomic E-state index is 2.32. The Morgan fingerprint density at radius 2 is 1.24 bits per heavy atom. The summed E-state index contributed by atoms with van der Waals surface area (Å²) in [5.41, 5.74) is 0. The van der Waals surface area contributed by atoms with Gasteiger partial charge in [0, 0.05) is 0 Å². The minimum atomic E-state index is -0.183. The molecule has 0 aromatic heterocycles. The van der Waals surface area contributed by atoms with Gasteiger partial charge >= 0.3 is 0 Å².